The summed E-state index contributed by atoms with van der Waals surface area (Å²) >= 11 is 0. The van der Waals surface area contributed by atoms with E-state index < -0.39 is 4.92 Å². The lowest BCUT2D eigenvalue weighted by molar-refractivity contribution is -0.383. The normalized spacial score (nSPS) is 10.7. The molecule has 94 valence electrons. The molecular formula is C13H10N4O2. The van der Waals surface area contributed by atoms with Gasteiger partial charge in [-0.2, -0.15) is 5.10 Å². The molecule has 0 spiro atoms. The van der Waals surface area contributed by atoms with Crippen LogP contribution in [-0.2, 0) is 0 Å². The Balaban J connectivity index is 2.33. The molecule has 0 amide bonds. The van der Waals surface area contributed by atoms with E-state index in [1.54, 1.807) is 18.3 Å². The molecule has 2 aromatic carbocycles. The third-order valence-electron chi connectivity index (χ3n) is 2.93. The Bertz CT molecular complexity index is 779. The van der Waals surface area contributed by atoms with Crippen molar-refractivity contribution in [1.82, 2.24) is 9.78 Å². The second kappa shape index (κ2) is 4.09. The number of hydrogen-bond acceptors (Lipinski definition) is 4. The summed E-state index contributed by atoms with van der Waals surface area (Å²) in [6.45, 7) is 0. The molecule has 6 heteroatoms. The minimum absolute atomic E-state index is 0.127. The fourth-order valence-corrected chi connectivity index (χ4v) is 2.08. The van der Waals surface area contributed by atoms with Crippen LogP contribution in [-0.4, -0.2) is 14.7 Å². The van der Waals surface area contributed by atoms with E-state index in [-0.39, 0.29) is 11.4 Å². The van der Waals surface area contributed by atoms with E-state index in [0.717, 1.165) is 10.9 Å². The van der Waals surface area contributed by atoms with Crippen LogP contribution in [0.5, 0.6) is 0 Å². The zero-order valence-corrected chi connectivity index (χ0v) is 9.85. The monoisotopic (exact) mass is 254 g/mol. The molecule has 3 aromatic rings. The fourth-order valence-electron chi connectivity index (χ4n) is 2.08. The van der Waals surface area contributed by atoms with Crippen LogP contribution in [0, 0.1) is 10.1 Å². The maximum atomic E-state index is 11.2. The summed E-state index contributed by atoms with van der Waals surface area (Å²) < 4.78 is 1.53. The van der Waals surface area contributed by atoms with Crippen molar-refractivity contribution in [3.63, 3.8) is 0 Å². The van der Waals surface area contributed by atoms with Gasteiger partial charge < -0.3 is 5.73 Å². The van der Waals surface area contributed by atoms with Crippen LogP contribution in [0.4, 0.5) is 11.4 Å². The van der Waals surface area contributed by atoms with Crippen molar-refractivity contribution < 1.29 is 4.92 Å². The summed E-state index contributed by atoms with van der Waals surface area (Å²) in [6.07, 6.45) is 1.67. The third-order valence-corrected chi connectivity index (χ3v) is 2.93. The van der Waals surface area contributed by atoms with Gasteiger partial charge >= 0.3 is 5.69 Å². The number of nitrogens with two attached hydrogens (primary N) is 1. The number of aromatic nitrogens is 2. The van der Waals surface area contributed by atoms with Gasteiger partial charge in [0.25, 0.3) is 0 Å². The first kappa shape index (κ1) is 11.2. The number of anilines is 1. The fraction of sp³-hybridized carbons (Fsp3) is 0. The van der Waals surface area contributed by atoms with E-state index in [2.05, 4.69) is 5.10 Å². The van der Waals surface area contributed by atoms with Crippen LogP contribution in [0.3, 0.4) is 0 Å². The Morgan fingerprint density at radius 1 is 1.16 bits per heavy atom. The first-order valence-corrected chi connectivity index (χ1v) is 5.64. The van der Waals surface area contributed by atoms with E-state index in [1.807, 2.05) is 24.3 Å². The van der Waals surface area contributed by atoms with Crippen molar-refractivity contribution in [3.05, 3.63) is 58.8 Å². The van der Waals surface area contributed by atoms with Crippen molar-refractivity contribution in [2.75, 3.05) is 5.73 Å². The molecule has 0 saturated heterocycles. The molecule has 6 nitrogen and oxygen atoms in total. The number of benzene rings is 2. The predicted octanol–water partition coefficient (Wildman–Crippen LogP) is 2.52. The summed E-state index contributed by atoms with van der Waals surface area (Å²) in [5.41, 5.74) is 6.86. The first-order valence-electron chi connectivity index (χ1n) is 5.64. The number of para-hydroxylation sites is 2. The zero-order valence-electron chi connectivity index (χ0n) is 9.85. The quantitative estimate of drug-likeness (QED) is 0.432. The maximum Gasteiger partial charge on any atom is 0.317 e. The Morgan fingerprint density at radius 2 is 1.95 bits per heavy atom. The second-order valence-corrected chi connectivity index (χ2v) is 4.09. The number of rotatable bonds is 2. The molecule has 3 rings (SSSR count). The molecule has 0 atom stereocenters. The number of nitrogen functional groups attached to an aromatic ring is 1. The van der Waals surface area contributed by atoms with Gasteiger partial charge in [-0.05, 0) is 18.2 Å². The highest BCUT2D eigenvalue weighted by Gasteiger charge is 2.20. The lowest BCUT2D eigenvalue weighted by atomic mass is 10.2. The Labute approximate surface area is 108 Å². The molecule has 0 aliphatic carbocycles. The third kappa shape index (κ3) is 1.70. The number of nitro groups is 1. The Kier molecular flexibility index (Phi) is 2.42. The molecule has 0 unspecified atom stereocenters. The van der Waals surface area contributed by atoms with E-state index in [9.17, 15) is 10.1 Å². The molecule has 0 aliphatic heterocycles. The SMILES string of the molecule is Nc1cccc(-n2ncc3ccccc32)c1[N+](=O)[O-]. The van der Waals surface area contributed by atoms with Gasteiger partial charge in [0.1, 0.15) is 11.4 Å². The summed E-state index contributed by atoms with van der Waals surface area (Å²) in [7, 11) is 0. The van der Waals surface area contributed by atoms with Crippen LogP contribution in [0.25, 0.3) is 16.6 Å². The summed E-state index contributed by atoms with van der Waals surface area (Å²) in [5, 5.41) is 16.3. The largest absolute Gasteiger partial charge is 0.393 e. The maximum absolute atomic E-state index is 11.2. The highest BCUT2D eigenvalue weighted by atomic mass is 16.6. The molecule has 0 radical (unpaired) electrons. The van der Waals surface area contributed by atoms with Crippen molar-refractivity contribution in [2.45, 2.75) is 0 Å². The summed E-state index contributed by atoms with van der Waals surface area (Å²) in [6, 6.07) is 12.3. The van der Waals surface area contributed by atoms with E-state index >= 15 is 0 Å². The molecule has 0 aliphatic rings. The van der Waals surface area contributed by atoms with Gasteiger partial charge in [-0.3, -0.25) is 10.1 Å². The van der Waals surface area contributed by atoms with E-state index in [4.69, 9.17) is 5.73 Å². The first-order chi connectivity index (χ1) is 9.18. The van der Waals surface area contributed by atoms with Crippen LogP contribution >= 0.6 is 0 Å². The van der Waals surface area contributed by atoms with Crippen molar-refractivity contribution >= 4 is 22.3 Å². The molecular weight excluding hydrogens is 244 g/mol. The van der Waals surface area contributed by atoms with E-state index in [0.29, 0.717) is 5.69 Å². The average Bonchev–Trinajstić information content (AvgIpc) is 2.81. The molecule has 19 heavy (non-hydrogen) atoms. The highest BCUT2D eigenvalue weighted by Crippen LogP contribution is 2.30. The summed E-state index contributed by atoms with van der Waals surface area (Å²) in [5.74, 6) is 0. The topological polar surface area (TPSA) is 87.0 Å². The minimum Gasteiger partial charge on any atom is -0.393 e. The van der Waals surface area contributed by atoms with Gasteiger partial charge in [0, 0.05) is 5.39 Å². The highest BCUT2D eigenvalue weighted by molar-refractivity contribution is 5.82. The zero-order chi connectivity index (χ0) is 13.4. The van der Waals surface area contributed by atoms with Crippen LogP contribution in [0.15, 0.2) is 48.7 Å². The van der Waals surface area contributed by atoms with E-state index in [1.165, 1.54) is 10.7 Å². The van der Waals surface area contributed by atoms with Crippen molar-refractivity contribution in [1.29, 1.82) is 0 Å². The molecule has 0 bridgehead atoms. The van der Waals surface area contributed by atoms with Crippen LogP contribution < -0.4 is 5.73 Å². The standard InChI is InChI=1S/C13H10N4O2/c14-10-5-3-7-12(13(10)17(18)19)16-11-6-2-1-4-9(11)8-15-16/h1-8H,14H2. The van der Waals surface area contributed by atoms with Crippen molar-refractivity contribution in [2.24, 2.45) is 0 Å². The van der Waals surface area contributed by atoms with Gasteiger partial charge in [0.2, 0.25) is 0 Å². The lowest BCUT2D eigenvalue weighted by Gasteiger charge is -2.06. The molecule has 1 heterocycles. The molecule has 0 saturated carbocycles. The predicted molar refractivity (Wildman–Crippen MR) is 72.1 cm³/mol. The van der Waals surface area contributed by atoms with Crippen LogP contribution in [0.1, 0.15) is 0 Å². The smallest absolute Gasteiger partial charge is 0.317 e. The Hall–Kier alpha value is -2.89. The molecule has 1 aromatic heterocycles. The summed E-state index contributed by atoms with van der Waals surface area (Å²) in [4.78, 5) is 10.7. The van der Waals surface area contributed by atoms with Gasteiger partial charge in [0.05, 0.1) is 16.6 Å². The average molecular weight is 254 g/mol. The number of nitrogens with zero attached hydrogens (tertiary/aromatic N) is 3. The van der Waals surface area contributed by atoms with Crippen molar-refractivity contribution in [3.8, 4) is 5.69 Å². The minimum atomic E-state index is -0.485. The molecule has 2 N–H and O–H groups in total. The van der Waals surface area contributed by atoms with Crippen LogP contribution in [0.2, 0.25) is 0 Å². The molecule has 0 fully saturated rings. The second-order valence-electron chi connectivity index (χ2n) is 4.09. The van der Waals surface area contributed by atoms with Gasteiger partial charge in [-0.15, -0.1) is 0 Å². The number of nitro benzene ring substituents is 1. The lowest BCUT2D eigenvalue weighted by Crippen LogP contribution is -2.04. The number of fused-ring (bicyclic) bond motifs is 1. The van der Waals surface area contributed by atoms with Gasteiger partial charge in [0.15, 0.2) is 0 Å². The number of hydrogen-bond donors (Lipinski definition) is 1. The Morgan fingerprint density at radius 3 is 2.74 bits per heavy atom. The van der Waals surface area contributed by atoms with Gasteiger partial charge in [-0.25, -0.2) is 4.68 Å². The van der Waals surface area contributed by atoms with Gasteiger partial charge in [-0.1, -0.05) is 24.3 Å².